The molecular formula is C13H16FN3O3S. The van der Waals surface area contributed by atoms with E-state index < -0.39 is 15.8 Å². The average Bonchev–Trinajstić information content (AvgIpc) is 2.91. The van der Waals surface area contributed by atoms with Crippen molar-refractivity contribution in [1.82, 2.24) is 14.1 Å². The third kappa shape index (κ3) is 3.46. The quantitative estimate of drug-likeness (QED) is 0.857. The van der Waals surface area contributed by atoms with Gasteiger partial charge in [0.15, 0.2) is 0 Å². The SMILES string of the molecule is CN(Cc1ccccc1F)S(=O)(=O)c1cnn(CCO)c1. The maximum absolute atomic E-state index is 13.6. The van der Waals surface area contributed by atoms with Crippen LogP contribution in [0.15, 0.2) is 41.6 Å². The summed E-state index contributed by atoms with van der Waals surface area (Å²) in [5.41, 5.74) is 0.298. The van der Waals surface area contributed by atoms with Crippen molar-refractivity contribution >= 4 is 10.0 Å². The fourth-order valence-corrected chi connectivity index (χ4v) is 2.94. The fraction of sp³-hybridized carbons (Fsp3) is 0.308. The van der Waals surface area contributed by atoms with Gasteiger partial charge in [-0.05, 0) is 6.07 Å². The number of nitrogens with zero attached hydrogens (tertiary/aromatic N) is 3. The summed E-state index contributed by atoms with van der Waals surface area (Å²) in [6.45, 7) is 0.0129. The van der Waals surface area contributed by atoms with Crippen molar-refractivity contribution < 1.29 is 17.9 Å². The first-order valence-electron chi connectivity index (χ1n) is 6.28. The van der Waals surface area contributed by atoms with E-state index in [1.165, 1.54) is 36.3 Å². The Hall–Kier alpha value is -1.77. The normalized spacial score (nSPS) is 12.0. The second-order valence-electron chi connectivity index (χ2n) is 4.52. The lowest BCUT2D eigenvalue weighted by molar-refractivity contribution is 0.269. The van der Waals surface area contributed by atoms with E-state index in [1.54, 1.807) is 12.1 Å². The molecule has 0 saturated carbocycles. The maximum Gasteiger partial charge on any atom is 0.246 e. The largest absolute Gasteiger partial charge is 0.394 e. The topological polar surface area (TPSA) is 75.4 Å². The molecule has 1 aromatic carbocycles. The molecule has 6 nitrogen and oxygen atoms in total. The van der Waals surface area contributed by atoms with E-state index >= 15 is 0 Å². The Morgan fingerprint density at radius 2 is 2.10 bits per heavy atom. The maximum atomic E-state index is 13.6. The first-order valence-corrected chi connectivity index (χ1v) is 7.72. The highest BCUT2D eigenvalue weighted by molar-refractivity contribution is 7.89. The summed E-state index contributed by atoms with van der Waals surface area (Å²) < 4.78 is 40.7. The lowest BCUT2D eigenvalue weighted by Gasteiger charge is -2.16. The van der Waals surface area contributed by atoms with Crippen LogP contribution in [0.5, 0.6) is 0 Å². The highest BCUT2D eigenvalue weighted by Gasteiger charge is 2.23. The van der Waals surface area contributed by atoms with E-state index in [1.807, 2.05) is 0 Å². The first-order chi connectivity index (χ1) is 9.95. The van der Waals surface area contributed by atoms with E-state index in [9.17, 15) is 12.8 Å². The number of benzene rings is 1. The van der Waals surface area contributed by atoms with Gasteiger partial charge in [0.05, 0.1) is 19.3 Å². The van der Waals surface area contributed by atoms with Crippen LogP contribution >= 0.6 is 0 Å². The third-order valence-electron chi connectivity index (χ3n) is 3.00. The summed E-state index contributed by atoms with van der Waals surface area (Å²) in [5.74, 6) is -0.449. The Morgan fingerprint density at radius 3 is 2.76 bits per heavy atom. The number of halogens is 1. The van der Waals surface area contributed by atoms with Crippen molar-refractivity contribution in [1.29, 1.82) is 0 Å². The number of aliphatic hydroxyl groups excluding tert-OH is 1. The molecule has 114 valence electrons. The zero-order chi connectivity index (χ0) is 15.5. The molecule has 0 radical (unpaired) electrons. The molecule has 0 fully saturated rings. The zero-order valence-corrected chi connectivity index (χ0v) is 12.3. The predicted octanol–water partition coefficient (Wildman–Crippen LogP) is 0.835. The number of aliphatic hydroxyl groups is 1. The molecular weight excluding hydrogens is 297 g/mol. The van der Waals surface area contributed by atoms with Gasteiger partial charge in [0.25, 0.3) is 0 Å². The van der Waals surface area contributed by atoms with E-state index in [4.69, 9.17) is 5.11 Å². The average molecular weight is 313 g/mol. The van der Waals surface area contributed by atoms with E-state index in [0.29, 0.717) is 5.56 Å². The van der Waals surface area contributed by atoms with Crippen LogP contribution in [0.25, 0.3) is 0 Å². The van der Waals surface area contributed by atoms with Crippen molar-refractivity contribution in [2.45, 2.75) is 18.0 Å². The summed E-state index contributed by atoms with van der Waals surface area (Å²) in [5, 5.41) is 12.7. The molecule has 0 atom stereocenters. The molecule has 1 aromatic heterocycles. The smallest absolute Gasteiger partial charge is 0.246 e. The molecule has 0 saturated heterocycles. The van der Waals surface area contributed by atoms with E-state index in [-0.39, 0.29) is 24.6 Å². The van der Waals surface area contributed by atoms with Crippen LogP contribution in [0.4, 0.5) is 4.39 Å². The summed E-state index contributed by atoms with van der Waals surface area (Å²) in [6.07, 6.45) is 2.55. The van der Waals surface area contributed by atoms with Gasteiger partial charge in [-0.2, -0.15) is 9.40 Å². The fourth-order valence-electron chi connectivity index (χ4n) is 1.83. The molecule has 2 aromatic rings. The number of aromatic nitrogens is 2. The molecule has 0 aliphatic heterocycles. The molecule has 8 heteroatoms. The van der Waals surface area contributed by atoms with Crippen LogP contribution in [-0.4, -0.2) is 41.3 Å². The molecule has 21 heavy (non-hydrogen) atoms. The Bertz CT molecular complexity index is 715. The Morgan fingerprint density at radius 1 is 1.38 bits per heavy atom. The van der Waals surface area contributed by atoms with Gasteiger partial charge in [0, 0.05) is 25.4 Å². The predicted molar refractivity (Wildman–Crippen MR) is 74.4 cm³/mol. The minimum absolute atomic E-state index is 0.00906. The van der Waals surface area contributed by atoms with Gasteiger partial charge in [0.1, 0.15) is 10.7 Å². The van der Waals surface area contributed by atoms with Crippen molar-refractivity contribution in [3.8, 4) is 0 Å². The van der Waals surface area contributed by atoms with Gasteiger partial charge in [-0.1, -0.05) is 18.2 Å². The molecule has 0 unspecified atom stereocenters. The Balaban J connectivity index is 2.20. The van der Waals surface area contributed by atoms with Gasteiger partial charge in [-0.3, -0.25) is 4.68 Å². The standard InChI is InChI=1S/C13H16FN3O3S/c1-16(9-11-4-2-3-5-13(11)14)21(19,20)12-8-15-17(10-12)6-7-18/h2-5,8,10,18H,6-7,9H2,1H3. The lowest BCUT2D eigenvalue weighted by atomic mass is 10.2. The number of sulfonamides is 1. The second kappa shape index (κ2) is 6.33. The minimum atomic E-state index is -3.75. The molecule has 0 aliphatic rings. The molecule has 1 heterocycles. The van der Waals surface area contributed by atoms with Crippen molar-refractivity contribution in [2.75, 3.05) is 13.7 Å². The first kappa shape index (κ1) is 15.6. The highest BCUT2D eigenvalue weighted by atomic mass is 32.2. The van der Waals surface area contributed by atoms with Gasteiger partial charge in [0.2, 0.25) is 10.0 Å². The highest BCUT2D eigenvalue weighted by Crippen LogP contribution is 2.17. The van der Waals surface area contributed by atoms with E-state index in [0.717, 1.165) is 4.31 Å². The molecule has 2 rings (SSSR count). The lowest BCUT2D eigenvalue weighted by Crippen LogP contribution is -2.26. The van der Waals surface area contributed by atoms with Gasteiger partial charge < -0.3 is 5.11 Å². The minimum Gasteiger partial charge on any atom is -0.394 e. The van der Waals surface area contributed by atoms with Gasteiger partial charge in [-0.25, -0.2) is 12.8 Å². The van der Waals surface area contributed by atoms with E-state index in [2.05, 4.69) is 5.10 Å². The molecule has 0 aliphatic carbocycles. The Kier molecular flexibility index (Phi) is 4.71. The number of hydrogen-bond donors (Lipinski definition) is 1. The van der Waals surface area contributed by atoms with Gasteiger partial charge in [-0.15, -0.1) is 0 Å². The summed E-state index contributed by atoms with van der Waals surface area (Å²) in [7, 11) is -2.37. The van der Waals surface area contributed by atoms with Crippen LogP contribution in [-0.2, 0) is 23.1 Å². The van der Waals surface area contributed by atoms with Crippen LogP contribution < -0.4 is 0 Å². The van der Waals surface area contributed by atoms with Crippen LogP contribution in [0.2, 0.25) is 0 Å². The monoisotopic (exact) mass is 313 g/mol. The van der Waals surface area contributed by atoms with Crippen molar-refractivity contribution in [2.24, 2.45) is 0 Å². The number of hydrogen-bond acceptors (Lipinski definition) is 4. The molecule has 0 amide bonds. The zero-order valence-electron chi connectivity index (χ0n) is 11.5. The van der Waals surface area contributed by atoms with Crippen molar-refractivity contribution in [3.63, 3.8) is 0 Å². The van der Waals surface area contributed by atoms with Crippen LogP contribution in [0.1, 0.15) is 5.56 Å². The van der Waals surface area contributed by atoms with Crippen molar-refractivity contribution in [3.05, 3.63) is 48.0 Å². The molecule has 1 N–H and O–H groups in total. The summed E-state index contributed by atoms with van der Waals surface area (Å²) in [6, 6.07) is 6.02. The Labute approximate surface area is 122 Å². The van der Waals surface area contributed by atoms with Crippen LogP contribution in [0.3, 0.4) is 0 Å². The third-order valence-corrected chi connectivity index (χ3v) is 4.75. The molecule has 0 spiro atoms. The van der Waals surface area contributed by atoms with Gasteiger partial charge >= 0.3 is 0 Å². The van der Waals surface area contributed by atoms with Crippen LogP contribution in [0, 0.1) is 5.82 Å². The summed E-state index contributed by atoms with van der Waals surface area (Å²) >= 11 is 0. The second-order valence-corrected chi connectivity index (χ2v) is 6.56. The molecule has 0 bridgehead atoms. The summed E-state index contributed by atoms with van der Waals surface area (Å²) in [4.78, 5) is 0.00906. The number of rotatable bonds is 6.